The van der Waals surface area contributed by atoms with Crippen molar-refractivity contribution in [2.45, 2.75) is 52.2 Å². The average Bonchev–Trinajstić information content (AvgIpc) is 2.79. The van der Waals surface area contributed by atoms with Crippen LogP contribution in [0.2, 0.25) is 15.1 Å². The lowest BCUT2D eigenvalue weighted by molar-refractivity contribution is -0.140. The van der Waals surface area contributed by atoms with Crippen LogP contribution in [0, 0.1) is 0 Å². The van der Waals surface area contributed by atoms with Crippen LogP contribution in [0.5, 0.6) is 0 Å². The molecule has 35 heavy (non-hydrogen) atoms. The van der Waals surface area contributed by atoms with E-state index < -0.39 is 28.5 Å². The van der Waals surface area contributed by atoms with Gasteiger partial charge in [0, 0.05) is 12.6 Å². The number of benzene rings is 2. The van der Waals surface area contributed by atoms with Crippen LogP contribution in [0.1, 0.15) is 39.2 Å². The number of sulfonamides is 1. The molecule has 0 aliphatic rings. The van der Waals surface area contributed by atoms with Gasteiger partial charge in [-0.2, -0.15) is 0 Å². The number of rotatable bonds is 11. The number of carbonyl (C=O) groups is 2. The first-order chi connectivity index (χ1) is 16.4. The molecular weight excluding hydrogens is 533 g/mol. The number of nitrogens with one attached hydrogen (secondary N) is 1. The smallest absolute Gasteiger partial charge is 0.244 e. The number of amides is 2. The van der Waals surface area contributed by atoms with Crippen molar-refractivity contribution in [1.29, 1.82) is 0 Å². The highest BCUT2D eigenvalue weighted by Crippen LogP contribution is 2.35. The van der Waals surface area contributed by atoms with E-state index in [1.807, 2.05) is 44.2 Å². The van der Waals surface area contributed by atoms with E-state index in [0.29, 0.717) is 6.42 Å². The third-order valence-corrected chi connectivity index (χ3v) is 7.67. The molecule has 2 aromatic rings. The minimum atomic E-state index is -3.95. The molecule has 0 aliphatic carbocycles. The second kappa shape index (κ2) is 12.8. The van der Waals surface area contributed by atoms with Gasteiger partial charge in [-0.1, -0.05) is 79.0 Å². The Morgan fingerprint density at radius 3 is 2.11 bits per heavy atom. The fourth-order valence-electron chi connectivity index (χ4n) is 3.44. The zero-order valence-corrected chi connectivity index (χ0v) is 23.2. The summed E-state index contributed by atoms with van der Waals surface area (Å²) < 4.78 is 26.3. The van der Waals surface area contributed by atoms with E-state index >= 15 is 0 Å². The van der Waals surface area contributed by atoms with Crippen molar-refractivity contribution >= 4 is 62.3 Å². The second-order valence-corrected chi connectivity index (χ2v) is 11.4. The van der Waals surface area contributed by atoms with Crippen molar-refractivity contribution < 1.29 is 18.0 Å². The van der Waals surface area contributed by atoms with E-state index in [9.17, 15) is 18.0 Å². The largest absolute Gasteiger partial charge is 0.352 e. The van der Waals surface area contributed by atoms with E-state index in [1.54, 1.807) is 6.92 Å². The van der Waals surface area contributed by atoms with E-state index in [1.165, 1.54) is 17.0 Å². The predicted molar refractivity (Wildman–Crippen MR) is 143 cm³/mol. The molecule has 11 heteroatoms. The molecule has 0 bridgehead atoms. The molecule has 0 saturated carbocycles. The van der Waals surface area contributed by atoms with E-state index in [2.05, 4.69) is 5.32 Å². The summed E-state index contributed by atoms with van der Waals surface area (Å²) in [4.78, 5) is 28.1. The van der Waals surface area contributed by atoms with Gasteiger partial charge in [-0.25, -0.2) is 8.42 Å². The lowest BCUT2D eigenvalue weighted by Gasteiger charge is -2.33. The van der Waals surface area contributed by atoms with Crippen LogP contribution in [-0.4, -0.2) is 50.0 Å². The summed E-state index contributed by atoms with van der Waals surface area (Å²) in [6, 6.07) is 10.9. The monoisotopic (exact) mass is 561 g/mol. The lowest BCUT2D eigenvalue weighted by atomic mass is 10.1. The highest BCUT2D eigenvalue weighted by atomic mass is 35.5. The van der Waals surface area contributed by atoms with Gasteiger partial charge < -0.3 is 10.2 Å². The van der Waals surface area contributed by atoms with Gasteiger partial charge in [0.25, 0.3) is 0 Å². The molecule has 2 aromatic carbocycles. The standard InChI is InChI=1S/C24H30Cl3N3O4S/c1-5-16(3)28-24(32)21(6-2)29(14-17-10-8-7-9-11-17)23(31)15-30(35(4,33)34)22-13-19(26)18(25)12-20(22)27/h7-13,16,21H,5-6,14-15H2,1-4H3,(H,28,32). The third kappa shape index (κ3) is 8.00. The number of hydrogen-bond acceptors (Lipinski definition) is 4. The summed E-state index contributed by atoms with van der Waals surface area (Å²) in [5.41, 5.74) is 0.822. The fourth-order valence-corrected chi connectivity index (χ4v) is 4.99. The summed E-state index contributed by atoms with van der Waals surface area (Å²) in [6.07, 6.45) is 2.04. The Morgan fingerprint density at radius 1 is 0.971 bits per heavy atom. The van der Waals surface area contributed by atoms with Gasteiger partial charge in [0.15, 0.2) is 0 Å². The summed E-state index contributed by atoms with van der Waals surface area (Å²) >= 11 is 18.4. The van der Waals surface area contributed by atoms with Crippen LogP contribution in [0.4, 0.5) is 5.69 Å². The molecular formula is C24H30Cl3N3O4S. The number of nitrogens with zero attached hydrogens (tertiary/aromatic N) is 2. The number of halogens is 3. The predicted octanol–water partition coefficient (Wildman–Crippen LogP) is 5.13. The Morgan fingerprint density at radius 2 is 1.57 bits per heavy atom. The summed E-state index contributed by atoms with van der Waals surface area (Å²) in [5.74, 6) is -0.864. The average molecular weight is 563 g/mol. The van der Waals surface area contributed by atoms with E-state index in [-0.39, 0.29) is 39.2 Å². The van der Waals surface area contributed by atoms with Crippen LogP contribution < -0.4 is 9.62 Å². The highest BCUT2D eigenvalue weighted by molar-refractivity contribution is 7.92. The molecule has 7 nitrogen and oxygen atoms in total. The topological polar surface area (TPSA) is 86.8 Å². The second-order valence-electron chi connectivity index (χ2n) is 8.24. The normalized spacial score (nSPS) is 13.1. The van der Waals surface area contributed by atoms with Crippen molar-refractivity contribution in [3.05, 3.63) is 63.1 Å². The van der Waals surface area contributed by atoms with Crippen molar-refractivity contribution in [3.63, 3.8) is 0 Å². The van der Waals surface area contributed by atoms with Gasteiger partial charge in [-0.15, -0.1) is 0 Å². The zero-order valence-electron chi connectivity index (χ0n) is 20.1. The van der Waals surface area contributed by atoms with Crippen molar-refractivity contribution in [3.8, 4) is 0 Å². The Hall–Kier alpha value is -2.00. The van der Waals surface area contributed by atoms with Crippen molar-refractivity contribution in [2.75, 3.05) is 17.1 Å². The van der Waals surface area contributed by atoms with Gasteiger partial charge in [0.1, 0.15) is 12.6 Å². The van der Waals surface area contributed by atoms with E-state index in [4.69, 9.17) is 34.8 Å². The maximum Gasteiger partial charge on any atom is 0.244 e. The molecule has 2 amide bonds. The maximum absolute atomic E-state index is 13.6. The van der Waals surface area contributed by atoms with Gasteiger partial charge >= 0.3 is 0 Å². The SMILES string of the molecule is CCC(C)NC(=O)C(CC)N(Cc1ccccc1)C(=O)CN(c1cc(Cl)c(Cl)cc1Cl)S(C)(=O)=O. The van der Waals surface area contributed by atoms with Crippen LogP contribution >= 0.6 is 34.8 Å². The number of hydrogen-bond donors (Lipinski definition) is 1. The molecule has 2 atom stereocenters. The lowest BCUT2D eigenvalue weighted by Crippen LogP contribution is -2.53. The minimum absolute atomic E-state index is 0.0219. The maximum atomic E-state index is 13.6. The first-order valence-corrected chi connectivity index (χ1v) is 14.1. The first-order valence-electron chi connectivity index (χ1n) is 11.1. The van der Waals surface area contributed by atoms with Crippen molar-refractivity contribution in [1.82, 2.24) is 10.2 Å². The van der Waals surface area contributed by atoms with E-state index in [0.717, 1.165) is 22.5 Å². The molecule has 1 N–H and O–H groups in total. The Labute approximate surface area is 222 Å². The molecule has 2 rings (SSSR count). The quantitative estimate of drug-likeness (QED) is 0.385. The molecule has 0 saturated heterocycles. The van der Waals surface area contributed by atoms with Gasteiger partial charge in [0.05, 0.1) is 27.0 Å². The first kappa shape index (κ1) is 29.2. The summed E-state index contributed by atoms with van der Waals surface area (Å²) in [7, 11) is -3.95. The Bertz CT molecular complexity index is 1150. The molecule has 0 aliphatic heterocycles. The van der Waals surface area contributed by atoms with Crippen LogP contribution in [0.25, 0.3) is 0 Å². The summed E-state index contributed by atoms with van der Waals surface area (Å²) in [5, 5.41) is 3.19. The van der Waals surface area contributed by atoms with Gasteiger partial charge in [-0.05, 0) is 37.5 Å². The molecule has 0 radical (unpaired) electrons. The van der Waals surface area contributed by atoms with Gasteiger partial charge in [-0.3, -0.25) is 13.9 Å². The molecule has 192 valence electrons. The van der Waals surface area contributed by atoms with Crippen LogP contribution in [0.15, 0.2) is 42.5 Å². The molecule has 2 unspecified atom stereocenters. The highest BCUT2D eigenvalue weighted by Gasteiger charge is 2.32. The Balaban J connectivity index is 2.48. The molecule has 0 spiro atoms. The number of anilines is 1. The van der Waals surface area contributed by atoms with Crippen LogP contribution in [0.3, 0.4) is 0 Å². The number of carbonyl (C=O) groups excluding carboxylic acids is 2. The molecule has 0 aromatic heterocycles. The molecule has 0 heterocycles. The van der Waals surface area contributed by atoms with Crippen LogP contribution in [-0.2, 0) is 26.2 Å². The Kier molecular flexibility index (Phi) is 10.7. The van der Waals surface area contributed by atoms with Crippen molar-refractivity contribution in [2.24, 2.45) is 0 Å². The molecule has 0 fully saturated rings. The third-order valence-electron chi connectivity index (χ3n) is 5.52. The summed E-state index contributed by atoms with van der Waals surface area (Å²) in [6.45, 7) is 5.18. The minimum Gasteiger partial charge on any atom is -0.352 e. The van der Waals surface area contributed by atoms with Gasteiger partial charge in [0.2, 0.25) is 21.8 Å². The fraction of sp³-hybridized carbons (Fsp3) is 0.417. The zero-order chi connectivity index (χ0) is 26.3.